The van der Waals surface area contributed by atoms with Crippen LogP contribution in [0.25, 0.3) is 0 Å². The fraction of sp³-hybridized carbons (Fsp3) is 0.857. The molecule has 1 aliphatic heterocycles. The molecule has 0 spiro atoms. The van der Waals surface area contributed by atoms with Crippen LogP contribution in [-0.2, 0) is 4.79 Å². The summed E-state index contributed by atoms with van der Waals surface area (Å²) in [5.74, 6) is 0.408. The molecule has 5 nitrogen and oxygen atoms in total. The molecule has 1 saturated heterocycles. The van der Waals surface area contributed by atoms with Gasteiger partial charge in [0.2, 0.25) is 0 Å². The quantitative estimate of drug-likeness (QED) is 0.819. The van der Waals surface area contributed by atoms with Crippen molar-refractivity contribution in [3.63, 3.8) is 0 Å². The Morgan fingerprint density at radius 2 is 2.15 bits per heavy atom. The van der Waals surface area contributed by atoms with Gasteiger partial charge in [0.05, 0.1) is 0 Å². The lowest BCUT2D eigenvalue weighted by atomic mass is 10.2. The van der Waals surface area contributed by atoms with E-state index >= 15 is 0 Å². The molecule has 0 bridgehead atoms. The Morgan fingerprint density at radius 1 is 1.45 bits per heavy atom. The second-order valence-electron chi connectivity index (χ2n) is 5.21. The van der Waals surface area contributed by atoms with E-state index in [1.807, 2.05) is 11.8 Å². The van der Waals surface area contributed by atoms with E-state index in [1.165, 1.54) is 0 Å². The van der Waals surface area contributed by atoms with Gasteiger partial charge in [0, 0.05) is 30.6 Å². The molecular weight excluding hydrogens is 276 g/mol. The SMILES string of the molecule is CCCCN(C(=O)N1CCSCC1C(=O)O)C(C)CC. The minimum absolute atomic E-state index is 0.111. The molecule has 2 atom stereocenters. The fourth-order valence-corrected chi connectivity index (χ4v) is 3.29. The van der Waals surface area contributed by atoms with Gasteiger partial charge in [-0.1, -0.05) is 20.3 Å². The van der Waals surface area contributed by atoms with E-state index in [0.29, 0.717) is 18.8 Å². The van der Waals surface area contributed by atoms with Gasteiger partial charge in [-0.25, -0.2) is 9.59 Å². The molecule has 1 rings (SSSR count). The summed E-state index contributed by atoms with van der Waals surface area (Å²) < 4.78 is 0. The highest BCUT2D eigenvalue weighted by atomic mass is 32.2. The van der Waals surface area contributed by atoms with Gasteiger partial charge in [-0.15, -0.1) is 0 Å². The van der Waals surface area contributed by atoms with Gasteiger partial charge in [0.1, 0.15) is 6.04 Å². The molecule has 1 N–H and O–H groups in total. The first-order chi connectivity index (χ1) is 9.52. The highest BCUT2D eigenvalue weighted by Crippen LogP contribution is 2.20. The van der Waals surface area contributed by atoms with Crippen LogP contribution in [0.2, 0.25) is 0 Å². The van der Waals surface area contributed by atoms with Crippen LogP contribution in [0.4, 0.5) is 4.79 Å². The number of amides is 2. The van der Waals surface area contributed by atoms with Crippen LogP contribution in [0.5, 0.6) is 0 Å². The summed E-state index contributed by atoms with van der Waals surface area (Å²) in [5, 5.41) is 9.29. The lowest BCUT2D eigenvalue weighted by molar-refractivity contribution is -0.141. The van der Waals surface area contributed by atoms with E-state index in [2.05, 4.69) is 13.8 Å². The van der Waals surface area contributed by atoms with E-state index in [1.54, 1.807) is 16.7 Å². The number of carboxylic acids is 1. The van der Waals surface area contributed by atoms with Crippen molar-refractivity contribution in [1.82, 2.24) is 9.80 Å². The zero-order chi connectivity index (χ0) is 15.1. The average Bonchev–Trinajstić information content (AvgIpc) is 2.46. The van der Waals surface area contributed by atoms with Gasteiger partial charge < -0.3 is 14.9 Å². The van der Waals surface area contributed by atoms with Gasteiger partial charge in [-0.2, -0.15) is 11.8 Å². The molecular formula is C14H26N2O3S. The molecule has 116 valence electrons. The van der Waals surface area contributed by atoms with Crippen LogP contribution >= 0.6 is 11.8 Å². The Labute approximate surface area is 125 Å². The van der Waals surface area contributed by atoms with Crippen molar-refractivity contribution in [3.05, 3.63) is 0 Å². The Morgan fingerprint density at radius 3 is 2.70 bits per heavy atom. The molecule has 1 aliphatic rings. The summed E-state index contributed by atoms with van der Waals surface area (Å²) in [5.41, 5.74) is 0. The molecule has 2 unspecified atom stereocenters. The van der Waals surface area contributed by atoms with Gasteiger partial charge >= 0.3 is 12.0 Å². The smallest absolute Gasteiger partial charge is 0.327 e. The van der Waals surface area contributed by atoms with Crippen molar-refractivity contribution >= 4 is 23.8 Å². The maximum Gasteiger partial charge on any atom is 0.327 e. The predicted octanol–water partition coefficient (Wildman–Crippen LogP) is 2.51. The van der Waals surface area contributed by atoms with Gasteiger partial charge in [0.25, 0.3) is 0 Å². The third-order valence-corrected chi connectivity index (χ3v) is 4.80. The summed E-state index contributed by atoms with van der Waals surface area (Å²) in [6.45, 7) is 7.41. The van der Waals surface area contributed by atoms with Crippen molar-refractivity contribution < 1.29 is 14.7 Å². The molecule has 0 aliphatic carbocycles. The molecule has 0 aromatic carbocycles. The summed E-state index contributed by atoms with van der Waals surface area (Å²) in [7, 11) is 0. The first-order valence-corrected chi connectivity index (χ1v) is 8.56. The van der Waals surface area contributed by atoms with Crippen LogP contribution in [0.3, 0.4) is 0 Å². The largest absolute Gasteiger partial charge is 0.480 e. The number of carbonyl (C=O) groups excluding carboxylic acids is 1. The minimum Gasteiger partial charge on any atom is -0.480 e. The standard InChI is InChI=1S/C14H26N2O3S/c1-4-6-7-15(11(3)5-2)14(19)16-8-9-20-10-12(16)13(17)18/h11-12H,4-10H2,1-3H3,(H,17,18). The molecule has 0 saturated carbocycles. The maximum atomic E-state index is 12.7. The summed E-state index contributed by atoms with van der Waals surface area (Å²) in [6, 6.07) is -0.645. The normalized spacial score (nSPS) is 20.6. The molecule has 20 heavy (non-hydrogen) atoms. The minimum atomic E-state index is -0.898. The van der Waals surface area contributed by atoms with Crippen molar-refractivity contribution in [2.75, 3.05) is 24.6 Å². The van der Waals surface area contributed by atoms with Gasteiger partial charge in [-0.3, -0.25) is 0 Å². The van der Waals surface area contributed by atoms with Crippen molar-refractivity contribution in [2.24, 2.45) is 0 Å². The van der Waals surface area contributed by atoms with Crippen molar-refractivity contribution in [3.8, 4) is 0 Å². The Hall–Kier alpha value is -0.910. The number of carbonyl (C=O) groups is 2. The molecule has 2 amide bonds. The van der Waals surface area contributed by atoms with Gasteiger partial charge in [0.15, 0.2) is 0 Å². The van der Waals surface area contributed by atoms with Crippen molar-refractivity contribution in [1.29, 1.82) is 0 Å². The van der Waals surface area contributed by atoms with E-state index < -0.39 is 12.0 Å². The molecule has 1 fully saturated rings. The van der Waals surface area contributed by atoms with E-state index in [4.69, 9.17) is 0 Å². The topological polar surface area (TPSA) is 60.9 Å². The maximum absolute atomic E-state index is 12.7. The fourth-order valence-electron chi connectivity index (χ4n) is 2.26. The number of thioether (sulfide) groups is 1. The third-order valence-electron chi connectivity index (χ3n) is 3.78. The van der Waals surface area contributed by atoms with Crippen LogP contribution in [0.1, 0.15) is 40.0 Å². The number of carboxylic acid groups (broad SMARTS) is 1. The van der Waals surface area contributed by atoms with Crippen LogP contribution in [0.15, 0.2) is 0 Å². The number of hydrogen-bond acceptors (Lipinski definition) is 3. The highest BCUT2D eigenvalue weighted by Gasteiger charge is 2.35. The summed E-state index contributed by atoms with van der Waals surface area (Å²) >= 11 is 1.60. The zero-order valence-corrected chi connectivity index (χ0v) is 13.5. The molecule has 1 heterocycles. The highest BCUT2D eigenvalue weighted by molar-refractivity contribution is 7.99. The monoisotopic (exact) mass is 302 g/mol. The number of rotatable bonds is 6. The number of hydrogen-bond donors (Lipinski definition) is 1. The first-order valence-electron chi connectivity index (χ1n) is 7.40. The Kier molecular flexibility index (Phi) is 7.19. The zero-order valence-electron chi connectivity index (χ0n) is 12.7. The molecule has 0 aromatic rings. The van der Waals surface area contributed by atoms with E-state index in [-0.39, 0.29) is 12.1 Å². The predicted molar refractivity (Wildman–Crippen MR) is 82.2 cm³/mol. The molecule has 0 aromatic heterocycles. The number of unbranched alkanes of at least 4 members (excludes halogenated alkanes) is 1. The summed E-state index contributed by atoms with van der Waals surface area (Å²) in [4.78, 5) is 27.4. The number of nitrogens with zero attached hydrogens (tertiary/aromatic N) is 2. The van der Waals surface area contributed by atoms with Crippen LogP contribution in [0, 0.1) is 0 Å². The van der Waals surface area contributed by atoms with Crippen LogP contribution < -0.4 is 0 Å². The Bertz CT molecular complexity index is 338. The summed E-state index contributed by atoms with van der Waals surface area (Å²) in [6.07, 6.45) is 2.87. The third kappa shape index (κ3) is 4.30. The Balaban J connectivity index is 2.82. The second-order valence-corrected chi connectivity index (χ2v) is 6.36. The molecule has 6 heteroatoms. The number of urea groups is 1. The average molecular weight is 302 g/mol. The van der Waals surface area contributed by atoms with Gasteiger partial charge in [-0.05, 0) is 19.8 Å². The van der Waals surface area contributed by atoms with E-state index in [9.17, 15) is 14.7 Å². The first kappa shape index (κ1) is 17.1. The van der Waals surface area contributed by atoms with E-state index in [0.717, 1.165) is 25.0 Å². The van der Waals surface area contributed by atoms with Crippen molar-refractivity contribution in [2.45, 2.75) is 52.1 Å². The lowest BCUT2D eigenvalue weighted by Crippen LogP contribution is -2.56. The molecule has 0 radical (unpaired) electrons. The lowest BCUT2D eigenvalue weighted by Gasteiger charge is -2.39. The number of aliphatic carboxylic acids is 1. The van der Waals surface area contributed by atoms with Crippen LogP contribution in [-0.4, -0.2) is 63.6 Å². The second kappa shape index (κ2) is 8.39.